The molecule has 0 saturated carbocycles. The standard InChI is InChI=1S/C15H18N2/c1-11-6-7-12(2)15(8-11)17-14-5-3-4-13(9-14)10-16/h3-9,17H,10,16H2,1-2H3. The van der Waals surface area contributed by atoms with Gasteiger partial charge in [-0.1, -0.05) is 24.3 Å². The normalized spacial score (nSPS) is 10.3. The van der Waals surface area contributed by atoms with E-state index in [1.54, 1.807) is 0 Å². The van der Waals surface area contributed by atoms with E-state index in [1.165, 1.54) is 11.1 Å². The van der Waals surface area contributed by atoms with Crippen LogP contribution >= 0.6 is 0 Å². The maximum absolute atomic E-state index is 5.64. The fourth-order valence-electron chi connectivity index (χ4n) is 1.80. The van der Waals surface area contributed by atoms with Crippen molar-refractivity contribution in [3.8, 4) is 0 Å². The Balaban J connectivity index is 2.27. The molecular formula is C15H18N2. The fourth-order valence-corrected chi connectivity index (χ4v) is 1.80. The van der Waals surface area contributed by atoms with Crippen molar-refractivity contribution in [2.24, 2.45) is 5.73 Å². The Morgan fingerprint density at radius 1 is 1.06 bits per heavy atom. The van der Waals surface area contributed by atoms with E-state index in [-0.39, 0.29) is 0 Å². The van der Waals surface area contributed by atoms with Crippen molar-refractivity contribution >= 4 is 11.4 Å². The summed E-state index contributed by atoms with van der Waals surface area (Å²) in [5.41, 5.74) is 11.5. The Morgan fingerprint density at radius 3 is 2.65 bits per heavy atom. The minimum atomic E-state index is 0.572. The number of nitrogens with one attached hydrogen (secondary N) is 1. The van der Waals surface area contributed by atoms with E-state index in [0.29, 0.717) is 6.54 Å². The first kappa shape index (κ1) is 11.7. The number of anilines is 2. The number of nitrogens with two attached hydrogens (primary N) is 1. The van der Waals surface area contributed by atoms with Gasteiger partial charge in [0.05, 0.1) is 0 Å². The zero-order chi connectivity index (χ0) is 12.3. The summed E-state index contributed by atoms with van der Waals surface area (Å²) in [6.45, 7) is 4.78. The van der Waals surface area contributed by atoms with Crippen LogP contribution in [-0.4, -0.2) is 0 Å². The van der Waals surface area contributed by atoms with E-state index in [0.717, 1.165) is 16.9 Å². The summed E-state index contributed by atoms with van der Waals surface area (Å²) in [6, 6.07) is 14.6. The third-order valence-corrected chi connectivity index (χ3v) is 2.83. The van der Waals surface area contributed by atoms with E-state index in [4.69, 9.17) is 5.73 Å². The summed E-state index contributed by atoms with van der Waals surface area (Å²) in [5.74, 6) is 0. The largest absolute Gasteiger partial charge is 0.355 e. The lowest BCUT2D eigenvalue weighted by atomic mass is 10.1. The maximum Gasteiger partial charge on any atom is 0.0416 e. The second-order valence-corrected chi connectivity index (χ2v) is 4.35. The summed E-state index contributed by atoms with van der Waals surface area (Å²) in [5, 5.41) is 3.43. The predicted molar refractivity (Wildman–Crippen MR) is 73.5 cm³/mol. The molecule has 0 saturated heterocycles. The molecule has 0 spiro atoms. The molecule has 0 aliphatic rings. The summed E-state index contributed by atoms with van der Waals surface area (Å²) in [4.78, 5) is 0. The molecule has 2 nitrogen and oxygen atoms in total. The number of benzene rings is 2. The summed E-state index contributed by atoms with van der Waals surface area (Å²) in [6.07, 6.45) is 0. The van der Waals surface area contributed by atoms with Crippen molar-refractivity contribution in [3.63, 3.8) is 0 Å². The molecule has 2 aromatic rings. The molecule has 17 heavy (non-hydrogen) atoms. The van der Waals surface area contributed by atoms with Gasteiger partial charge in [-0.05, 0) is 48.7 Å². The molecular weight excluding hydrogens is 208 g/mol. The third kappa shape index (κ3) is 2.86. The molecule has 0 heterocycles. The Bertz CT molecular complexity index is 518. The Kier molecular flexibility index (Phi) is 3.45. The highest BCUT2D eigenvalue weighted by Crippen LogP contribution is 2.22. The molecule has 2 heteroatoms. The van der Waals surface area contributed by atoms with Gasteiger partial charge in [0.15, 0.2) is 0 Å². The molecule has 88 valence electrons. The molecule has 3 N–H and O–H groups in total. The highest BCUT2D eigenvalue weighted by molar-refractivity contribution is 5.64. The van der Waals surface area contributed by atoms with Crippen molar-refractivity contribution in [2.75, 3.05) is 5.32 Å². The first-order valence-corrected chi connectivity index (χ1v) is 5.82. The van der Waals surface area contributed by atoms with Crippen LogP contribution in [0.25, 0.3) is 0 Å². The van der Waals surface area contributed by atoms with Crippen molar-refractivity contribution in [3.05, 3.63) is 59.2 Å². The molecule has 2 aromatic carbocycles. The van der Waals surface area contributed by atoms with E-state index >= 15 is 0 Å². The van der Waals surface area contributed by atoms with Crippen LogP contribution < -0.4 is 11.1 Å². The molecule has 0 radical (unpaired) electrons. The van der Waals surface area contributed by atoms with Gasteiger partial charge >= 0.3 is 0 Å². The van der Waals surface area contributed by atoms with Gasteiger partial charge in [0, 0.05) is 17.9 Å². The average molecular weight is 226 g/mol. The van der Waals surface area contributed by atoms with Gasteiger partial charge in [0.25, 0.3) is 0 Å². The smallest absolute Gasteiger partial charge is 0.0416 e. The predicted octanol–water partition coefficient (Wildman–Crippen LogP) is 3.51. The number of aryl methyl sites for hydroxylation is 2. The van der Waals surface area contributed by atoms with Gasteiger partial charge in [-0.2, -0.15) is 0 Å². The third-order valence-electron chi connectivity index (χ3n) is 2.83. The molecule has 0 fully saturated rings. The Morgan fingerprint density at radius 2 is 1.88 bits per heavy atom. The number of hydrogen-bond acceptors (Lipinski definition) is 2. The SMILES string of the molecule is Cc1ccc(C)c(Nc2cccc(CN)c2)c1. The molecule has 0 atom stereocenters. The van der Waals surface area contributed by atoms with Crippen LogP contribution in [0.3, 0.4) is 0 Å². The van der Waals surface area contributed by atoms with Gasteiger partial charge in [-0.3, -0.25) is 0 Å². The summed E-state index contributed by atoms with van der Waals surface area (Å²) in [7, 11) is 0. The van der Waals surface area contributed by atoms with Crippen molar-refractivity contribution in [2.45, 2.75) is 20.4 Å². The molecule has 0 unspecified atom stereocenters. The van der Waals surface area contributed by atoms with Crippen LogP contribution in [0.4, 0.5) is 11.4 Å². The van der Waals surface area contributed by atoms with Crippen LogP contribution in [0, 0.1) is 13.8 Å². The Labute approximate surface area is 102 Å². The Hall–Kier alpha value is -1.80. The summed E-state index contributed by atoms with van der Waals surface area (Å²) < 4.78 is 0. The molecule has 0 aliphatic carbocycles. The van der Waals surface area contributed by atoms with Gasteiger partial charge in [0.1, 0.15) is 0 Å². The minimum Gasteiger partial charge on any atom is -0.355 e. The van der Waals surface area contributed by atoms with E-state index in [9.17, 15) is 0 Å². The van der Waals surface area contributed by atoms with Gasteiger partial charge in [0.2, 0.25) is 0 Å². The molecule has 0 aromatic heterocycles. The number of hydrogen-bond donors (Lipinski definition) is 2. The summed E-state index contributed by atoms with van der Waals surface area (Å²) >= 11 is 0. The van der Waals surface area contributed by atoms with E-state index in [2.05, 4.69) is 49.5 Å². The van der Waals surface area contributed by atoms with Crippen LogP contribution in [0.1, 0.15) is 16.7 Å². The second kappa shape index (κ2) is 5.02. The first-order chi connectivity index (χ1) is 8.19. The maximum atomic E-state index is 5.64. The fraction of sp³-hybridized carbons (Fsp3) is 0.200. The van der Waals surface area contributed by atoms with Crippen molar-refractivity contribution < 1.29 is 0 Å². The second-order valence-electron chi connectivity index (χ2n) is 4.35. The van der Waals surface area contributed by atoms with Crippen molar-refractivity contribution in [1.82, 2.24) is 0 Å². The van der Waals surface area contributed by atoms with Crippen LogP contribution in [0.2, 0.25) is 0 Å². The highest BCUT2D eigenvalue weighted by Gasteiger charge is 2.00. The van der Waals surface area contributed by atoms with Gasteiger partial charge < -0.3 is 11.1 Å². The lowest BCUT2D eigenvalue weighted by Gasteiger charge is -2.11. The highest BCUT2D eigenvalue weighted by atomic mass is 14.9. The minimum absolute atomic E-state index is 0.572. The molecule has 0 amide bonds. The van der Waals surface area contributed by atoms with Gasteiger partial charge in [-0.15, -0.1) is 0 Å². The van der Waals surface area contributed by atoms with Gasteiger partial charge in [-0.25, -0.2) is 0 Å². The number of rotatable bonds is 3. The quantitative estimate of drug-likeness (QED) is 0.840. The monoisotopic (exact) mass is 226 g/mol. The van der Waals surface area contributed by atoms with Crippen LogP contribution in [0.5, 0.6) is 0 Å². The lowest BCUT2D eigenvalue weighted by molar-refractivity contribution is 1.07. The van der Waals surface area contributed by atoms with E-state index in [1.807, 2.05) is 12.1 Å². The topological polar surface area (TPSA) is 38.0 Å². The van der Waals surface area contributed by atoms with Crippen LogP contribution in [0.15, 0.2) is 42.5 Å². The van der Waals surface area contributed by atoms with E-state index < -0.39 is 0 Å². The van der Waals surface area contributed by atoms with Crippen molar-refractivity contribution in [1.29, 1.82) is 0 Å². The zero-order valence-electron chi connectivity index (χ0n) is 10.3. The zero-order valence-corrected chi connectivity index (χ0v) is 10.3. The lowest BCUT2D eigenvalue weighted by Crippen LogP contribution is -1.98. The molecule has 2 rings (SSSR count). The van der Waals surface area contributed by atoms with Crippen LogP contribution in [-0.2, 0) is 6.54 Å². The average Bonchev–Trinajstić information content (AvgIpc) is 2.34. The molecule has 0 bridgehead atoms. The first-order valence-electron chi connectivity index (χ1n) is 5.82. The molecule has 0 aliphatic heterocycles.